The van der Waals surface area contributed by atoms with Gasteiger partial charge in [-0.1, -0.05) is 29.8 Å². The maximum Gasteiger partial charge on any atom is 0.319 e. The van der Waals surface area contributed by atoms with Crippen LogP contribution in [0.4, 0.5) is 16.2 Å². The number of hydrogen-bond donors (Lipinski definition) is 2. The smallest absolute Gasteiger partial charge is 0.319 e. The summed E-state index contributed by atoms with van der Waals surface area (Å²) in [5, 5.41) is 5.53. The average Bonchev–Trinajstić information content (AvgIpc) is 2.95. The molecule has 26 heavy (non-hydrogen) atoms. The molecule has 1 atom stereocenters. The number of urea groups is 1. The van der Waals surface area contributed by atoms with E-state index in [1.165, 1.54) is 6.92 Å². The number of rotatable bonds is 4. The van der Waals surface area contributed by atoms with Crippen LogP contribution >= 0.6 is 0 Å². The predicted molar refractivity (Wildman–Crippen MR) is 101 cm³/mol. The second-order valence-corrected chi connectivity index (χ2v) is 6.48. The highest BCUT2D eigenvalue weighted by Crippen LogP contribution is 2.22. The van der Waals surface area contributed by atoms with Crippen molar-refractivity contribution in [3.8, 4) is 0 Å². The van der Waals surface area contributed by atoms with Gasteiger partial charge in [0.15, 0.2) is 5.78 Å². The van der Waals surface area contributed by atoms with Crippen molar-refractivity contribution in [3.05, 3.63) is 59.7 Å². The molecule has 2 aromatic carbocycles. The molecule has 1 aliphatic rings. The molecule has 6 heteroatoms. The van der Waals surface area contributed by atoms with Gasteiger partial charge in [-0.3, -0.25) is 9.59 Å². The number of aryl methyl sites for hydroxylation is 1. The van der Waals surface area contributed by atoms with Gasteiger partial charge < -0.3 is 15.5 Å². The lowest BCUT2D eigenvalue weighted by atomic mass is 10.1. The third kappa shape index (κ3) is 4.08. The lowest BCUT2D eigenvalue weighted by molar-refractivity contribution is -0.117. The molecule has 0 radical (unpaired) electrons. The number of nitrogens with one attached hydrogen (secondary N) is 2. The standard InChI is InChI=1S/C20H21N3O3/c1-13-6-8-18(9-7-13)23-12-17(11-19(23)25)22-20(26)21-16-5-3-4-15(10-16)14(2)24/h3-10,17H,11-12H2,1-2H3,(H2,21,22,26)/t17-/m1/s1. The van der Waals surface area contributed by atoms with Crippen LogP contribution in [0.3, 0.4) is 0 Å². The highest BCUT2D eigenvalue weighted by molar-refractivity contribution is 5.98. The fourth-order valence-corrected chi connectivity index (χ4v) is 2.95. The first-order chi connectivity index (χ1) is 12.4. The fourth-order valence-electron chi connectivity index (χ4n) is 2.95. The van der Waals surface area contributed by atoms with E-state index in [9.17, 15) is 14.4 Å². The van der Waals surface area contributed by atoms with Crippen LogP contribution in [-0.4, -0.2) is 30.3 Å². The van der Waals surface area contributed by atoms with E-state index in [2.05, 4.69) is 10.6 Å². The first-order valence-corrected chi connectivity index (χ1v) is 8.48. The maximum atomic E-state index is 12.2. The van der Waals surface area contributed by atoms with Gasteiger partial charge in [-0.15, -0.1) is 0 Å². The zero-order valence-electron chi connectivity index (χ0n) is 14.8. The van der Waals surface area contributed by atoms with Crippen molar-refractivity contribution in [1.29, 1.82) is 0 Å². The highest BCUT2D eigenvalue weighted by Gasteiger charge is 2.31. The summed E-state index contributed by atoms with van der Waals surface area (Å²) in [7, 11) is 0. The third-order valence-corrected chi connectivity index (χ3v) is 4.33. The van der Waals surface area contributed by atoms with E-state index in [0.717, 1.165) is 11.3 Å². The summed E-state index contributed by atoms with van der Waals surface area (Å²) in [5.41, 5.74) is 3.03. The Hall–Kier alpha value is -3.15. The first-order valence-electron chi connectivity index (χ1n) is 8.48. The Morgan fingerprint density at radius 1 is 1.12 bits per heavy atom. The van der Waals surface area contributed by atoms with Crippen LogP contribution in [0.15, 0.2) is 48.5 Å². The Morgan fingerprint density at radius 2 is 1.85 bits per heavy atom. The molecule has 3 amide bonds. The predicted octanol–water partition coefficient (Wildman–Crippen LogP) is 3.12. The molecule has 1 saturated heterocycles. The van der Waals surface area contributed by atoms with Gasteiger partial charge in [0.05, 0.1) is 6.04 Å². The van der Waals surface area contributed by atoms with Crippen molar-refractivity contribution in [2.45, 2.75) is 26.3 Å². The highest BCUT2D eigenvalue weighted by atomic mass is 16.2. The fraction of sp³-hybridized carbons (Fsp3) is 0.250. The molecule has 1 aliphatic heterocycles. The quantitative estimate of drug-likeness (QED) is 0.831. The van der Waals surface area contributed by atoms with E-state index in [0.29, 0.717) is 17.8 Å². The molecule has 0 aliphatic carbocycles. The Bertz CT molecular complexity index is 846. The van der Waals surface area contributed by atoms with E-state index in [1.807, 2.05) is 31.2 Å². The summed E-state index contributed by atoms with van der Waals surface area (Å²) in [6.07, 6.45) is 0.259. The number of ketones is 1. The summed E-state index contributed by atoms with van der Waals surface area (Å²) >= 11 is 0. The van der Waals surface area contributed by atoms with Gasteiger partial charge in [-0.25, -0.2) is 4.79 Å². The topological polar surface area (TPSA) is 78.5 Å². The molecule has 0 saturated carbocycles. The lowest BCUT2D eigenvalue weighted by Crippen LogP contribution is -2.39. The normalized spacial score (nSPS) is 16.5. The van der Waals surface area contributed by atoms with E-state index in [4.69, 9.17) is 0 Å². The molecular formula is C20H21N3O3. The summed E-state index contributed by atoms with van der Waals surface area (Å²) in [5.74, 6) is -0.0816. The van der Waals surface area contributed by atoms with Crippen LogP contribution in [0.1, 0.15) is 29.3 Å². The minimum absolute atomic E-state index is 0.0160. The van der Waals surface area contributed by atoms with Crippen LogP contribution in [0.5, 0.6) is 0 Å². The Morgan fingerprint density at radius 3 is 2.54 bits per heavy atom. The number of carbonyl (C=O) groups excluding carboxylic acids is 3. The zero-order valence-corrected chi connectivity index (χ0v) is 14.8. The van der Waals surface area contributed by atoms with Gasteiger partial charge >= 0.3 is 6.03 Å². The molecular weight excluding hydrogens is 330 g/mol. The van der Waals surface area contributed by atoms with Crippen molar-refractivity contribution in [3.63, 3.8) is 0 Å². The maximum absolute atomic E-state index is 12.2. The van der Waals surface area contributed by atoms with Gasteiger partial charge in [0.1, 0.15) is 0 Å². The van der Waals surface area contributed by atoms with Crippen LogP contribution in [-0.2, 0) is 4.79 Å². The lowest BCUT2D eigenvalue weighted by Gasteiger charge is -2.17. The number of nitrogens with zero attached hydrogens (tertiary/aromatic N) is 1. The SMILES string of the molecule is CC(=O)c1cccc(NC(=O)N[C@@H]2CC(=O)N(c3ccc(C)cc3)C2)c1. The molecule has 1 fully saturated rings. The molecule has 2 N–H and O–H groups in total. The molecule has 3 rings (SSSR count). The van der Waals surface area contributed by atoms with E-state index in [-0.39, 0.29) is 24.2 Å². The van der Waals surface area contributed by atoms with Crippen molar-refractivity contribution >= 4 is 29.1 Å². The summed E-state index contributed by atoms with van der Waals surface area (Å²) in [6.45, 7) is 3.90. The monoisotopic (exact) mass is 351 g/mol. The zero-order chi connectivity index (χ0) is 18.7. The van der Waals surface area contributed by atoms with Crippen molar-refractivity contribution in [2.75, 3.05) is 16.8 Å². The molecule has 0 unspecified atom stereocenters. The van der Waals surface area contributed by atoms with E-state index >= 15 is 0 Å². The summed E-state index contributed by atoms with van der Waals surface area (Å²) in [6, 6.07) is 13.8. The number of carbonyl (C=O) groups is 3. The van der Waals surface area contributed by atoms with Crippen LogP contribution in [0.25, 0.3) is 0 Å². The molecule has 0 bridgehead atoms. The van der Waals surface area contributed by atoms with Crippen molar-refractivity contribution in [1.82, 2.24) is 5.32 Å². The number of amides is 3. The second kappa shape index (κ2) is 7.39. The molecule has 1 heterocycles. The van der Waals surface area contributed by atoms with Crippen LogP contribution in [0, 0.1) is 6.92 Å². The Balaban J connectivity index is 1.60. The first kappa shape index (κ1) is 17.7. The van der Waals surface area contributed by atoms with Gasteiger partial charge in [0.2, 0.25) is 5.91 Å². The third-order valence-electron chi connectivity index (χ3n) is 4.33. The minimum Gasteiger partial charge on any atom is -0.333 e. The number of Topliss-reactive ketones (excluding diaryl/α,β-unsaturated/α-hetero) is 1. The Kier molecular flexibility index (Phi) is 5.02. The second-order valence-electron chi connectivity index (χ2n) is 6.48. The molecule has 6 nitrogen and oxygen atoms in total. The molecule has 2 aromatic rings. The van der Waals surface area contributed by atoms with Crippen LogP contribution in [0.2, 0.25) is 0 Å². The number of hydrogen-bond acceptors (Lipinski definition) is 3. The van der Waals surface area contributed by atoms with Gasteiger partial charge in [-0.05, 0) is 38.1 Å². The van der Waals surface area contributed by atoms with Gasteiger partial charge in [-0.2, -0.15) is 0 Å². The average molecular weight is 351 g/mol. The van der Waals surface area contributed by atoms with Crippen LogP contribution < -0.4 is 15.5 Å². The largest absolute Gasteiger partial charge is 0.333 e. The molecule has 0 aromatic heterocycles. The van der Waals surface area contributed by atoms with Gasteiger partial charge in [0, 0.05) is 29.9 Å². The number of anilines is 2. The molecule has 134 valence electrons. The van der Waals surface area contributed by atoms with Crippen molar-refractivity contribution < 1.29 is 14.4 Å². The van der Waals surface area contributed by atoms with Gasteiger partial charge in [0.25, 0.3) is 0 Å². The van der Waals surface area contributed by atoms with E-state index < -0.39 is 6.03 Å². The number of benzene rings is 2. The Labute approximate surface area is 152 Å². The summed E-state index contributed by atoms with van der Waals surface area (Å²) in [4.78, 5) is 37.6. The summed E-state index contributed by atoms with van der Waals surface area (Å²) < 4.78 is 0. The van der Waals surface area contributed by atoms with Crippen molar-refractivity contribution in [2.24, 2.45) is 0 Å². The molecule has 0 spiro atoms. The minimum atomic E-state index is -0.394. The van der Waals surface area contributed by atoms with E-state index in [1.54, 1.807) is 29.2 Å².